The highest BCUT2D eigenvalue weighted by atomic mass is 16.4. The maximum atomic E-state index is 10.3. The maximum Gasteiger partial charge on any atom is 0.303 e. The minimum atomic E-state index is -0.671. The van der Waals surface area contributed by atoms with Gasteiger partial charge >= 0.3 is 5.97 Å². The van der Waals surface area contributed by atoms with Crippen LogP contribution in [0.25, 0.3) is 0 Å². The molecule has 0 aromatic rings. The minimum Gasteiger partial charge on any atom is -0.481 e. The lowest BCUT2D eigenvalue weighted by Gasteiger charge is -1.98. The SMILES string of the molecule is C.CCCCC/C=C\C/C=C\CCCCCCCC(=O)O. The Labute approximate surface area is 132 Å². The van der Waals surface area contributed by atoms with E-state index in [9.17, 15) is 4.79 Å². The molecule has 0 aliphatic heterocycles. The molecule has 0 saturated heterocycles. The summed E-state index contributed by atoms with van der Waals surface area (Å²) in [6.45, 7) is 2.23. The predicted octanol–water partition coefficient (Wildman–Crippen LogP) is 6.52. The Kier molecular flexibility index (Phi) is 20.1. The summed E-state index contributed by atoms with van der Waals surface area (Å²) in [5.74, 6) is -0.671. The zero-order chi connectivity index (χ0) is 14.9. The van der Waals surface area contributed by atoms with Gasteiger partial charge in [0.2, 0.25) is 0 Å². The fourth-order valence-electron chi connectivity index (χ4n) is 2.09. The molecule has 0 unspecified atom stereocenters. The molecule has 0 radical (unpaired) electrons. The topological polar surface area (TPSA) is 37.3 Å². The van der Waals surface area contributed by atoms with Crippen molar-refractivity contribution in [1.29, 1.82) is 0 Å². The molecule has 0 aromatic heterocycles. The third-order valence-corrected chi connectivity index (χ3v) is 3.34. The first-order valence-corrected chi connectivity index (χ1v) is 8.29. The number of allylic oxidation sites excluding steroid dienone is 4. The normalized spacial score (nSPS) is 11.1. The molecule has 0 spiro atoms. The third-order valence-electron chi connectivity index (χ3n) is 3.34. The average Bonchev–Trinajstić information content (AvgIpc) is 2.43. The molecule has 0 bridgehead atoms. The van der Waals surface area contributed by atoms with Crippen LogP contribution in [0.15, 0.2) is 24.3 Å². The number of rotatable bonds is 14. The molecular weight excluding hydrogens is 260 g/mol. The van der Waals surface area contributed by atoms with Crippen molar-refractivity contribution in [2.75, 3.05) is 0 Å². The molecule has 2 heteroatoms. The second-order valence-corrected chi connectivity index (χ2v) is 5.37. The van der Waals surface area contributed by atoms with E-state index >= 15 is 0 Å². The Bertz CT molecular complexity index is 267. The fraction of sp³-hybridized carbons (Fsp3) is 0.737. The van der Waals surface area contributed by atoms with E-state index in [1.807, 2.05) is 0 Å². The predicted molar refractivity (Wildman–Crippen MR) is 93.7 cm³/mol. The van der Waals surface area contributed by atoms with Crippen molar-refractivity contribution >= 4 is 5.97 Å². The lowest BCUT2D eigenvalue weighted by Crippen LogP contribution is -1.93. The molecule has 0 aliphatic carbocycles. The number of carboxylic acids is 1. The maximum absolute atomic E-state index is 10.3. The van der Waals surface area contributed by atoms with Crippen molar-refractivity contribution in [2.24, 2.45) is 0 Å². The Morgan fingerprint density at radius 1 is 0.810 bits per heavy atom. The number of hydrogen-bond acceptors (Lipinski definition) is 1. The number of aliphatic carboxylic acids is 1. The Morgan fingerprint density at radius 2 is 1.33 bits per heavy atom. The lowest BCUT2D eigenvalue weighted by molar-refractivity contribution is -0.137. The van der Waals surface area contributed by atoms with Gasteiger partial charge in [-0.3, -0.25) is 4.79 Å². The highest BCUT2D eigenvalue weighted by Crippen LogP contribution is 2.08. The molecule has 2 nitrogen and oxygen atoms in total. The van der Waals surface area contributed by atoms with Crippen LogP contribution in [0.1, 0.15) is 91.4 Å². The van der Waals surface area contributed by atoms with E-state index < -0.39 is 5.97 Å². The van der Waals surface area contributed by atoms with Gasteiger partial charge in [-0.05, 0) is 38.5 Å². The van der Waals surface area contributed by atoms with Crippen LogP contribution in [0.4, 0.5) is 0 Å². The van der Waals surface area contributed by atoms with Crippen LogP contribution in [0.2, 0.25) is 0 Å². The van der Waals surface area contributed by atoms with Crippen molar-refractivity contribution in [3.8, 4) is 0 Å². The van der Waals surface area contributed by atoms with Crippen LogP contribution in [-0.4, -0.2) is 11.1 Å². The van der Waals surface area contributed by atoms with E-state index in [0.717, 1.165) is 25.7 Å². The van der Waals surface area contributed by atoms with Gasteiger partial charge in [-0.1, -0.05) is 70.8 Å². The van der Waals surface area contributed by atoms with E-state index in [-0.39, 0.29) is 7.43 Å². The lowest BCUT2D eigenvalue weighted by atomic mass is 10.1. The monoisotopic (exact) mass is 296 g/mol. The van der Waals surface area contributed by atoms with Crippen molar-refractivity contribution in [3.05, 3.63) is 24.3 Å². The smallest absolute Gasteiger partial charge is 0.303 e. The van der Waals surface area contributed by atoms with Gasteiger partial charge in [0.05, 0.1) is 0 Å². The Hall–Kier alpha value is -1.05. The average molecular weight is 296 g/mol. The molecular formula is C19H36O2. The fourth-order valence-corrected chi connectivity index (χ4v) is 2.09. The van der Waals surface area contributed by atoms with E-state index in [4.69, 9.17) is 5.11 Å². The minimum absolute atomic E-state index is 0. The summed E-state index contributed by atoms with van der Waals surface area (Å²) in [6, 6.07) is 0. The summed E-state index contributed by atoms with van der Waals surface area (Å²) in [6.07, 6.45) is 22.3. The van der Waals surface area contributed by atoms with Gasteiger partial charge in [0.1, 0.15) is 0 Å². The van der Waals surface area contributed by atoms with E-state index in [2.05, 4.69) is 31.2 Å². The zero-order valence-electron chi connectivity index (χ0n) is 13.2. The standard InChI is InChI=1S/C18H32O2.CH4/c1-2-3-4-5-6-7-8-9-10-11-12-13-14-15-16-17-18(19)20;/h6-7,9-10H,2-5,8,11-17H2,1H3,(H,19,20);1H4/b7-6-,10-9-;. The first-order chi connectivity index (χ1) is 9.77. The van der Waals surface area contributed by atoms with Gasteiger partial charge < -0.3 is 5.11 Å². The number of carboxylic acid groups (broad SMARTS) is 1. The molecule has 0 heterocycles. The van der Waals surface area contributed by atoms with Crippen LogP contribution in [0.5, 0.6) is 0 Å². The summed E-state index contributed by atoms with van der Waals surface area (Å²) in [5, 5.41) is 8.50. The molecule has 124 valence electrons. The summed E-state index contributed by atoms with van der Waals surface area (Å²) >= 11 is 0. The summed E-state index contributed by atoms with van der Waals surface area (Å²) in [7, 11) is 0. The number of carbonyl (C=O) groups is 1. The van der Waals surface area contributed by atoms with Gasteiger partial charge in [0.25, 0.3) is 0 Å². The highest BCUT2D eigenvalue weighted by Gasteiger charge is 1.95. The number of unbranched alkanes of at least 4 members (excludes halogenated alkanes) is 8. The molecule has 21 heavy (non-hydrogen) atoms. The summed E-state index contributed by atoms with van der Waals surface area (Å²) in [5.41, 5.74) is 0. The second kappa shape index (κ2) is 18.9. The second-order valence-electron chi connectivity index (χ2n) is 5.37. The zero-order valence-corrected chi connectivity index (χ0v) is 13.2. The van der Waals surface area contributed by atoms with Gasteiger partial charge in [-0.25, -0.2) is 0 Å². The molecule has 0 saturated carbocycles. The molecule has 1 N–H and O–H groups in total. The van der Waals surface area contributed by atoms with Crippen molar-refractivity contribution in [3.63, 3.8) is 0 Å². The molecule has 0 aromatic carbocycles. The quantitative estimate of drug-likeness (QED) is 0.292. The first-order valence-electron chi connectivity index (χ1n) is 8.29. The van der Waals surface area contributed by atoms with Gasteiger partial charge in [-0.2, -0.15) is 0 Å². The van der Waals surface area contributed by atoms with Gasteiger partial charge in [0.15, 0.2) is 0 Å². The van der Waals surface area contributed by atoms with Crippen LogP contribution in [0.3, 0.4) is 0 Å². The van der Waals surface area contributed by atoms with E-state index in [1.165, 1.54) is 44.9 Å². The van der Waals surface area contributed by atoms with Crippen LogP contribution < -0.4 is 0 Å². The molecule has 0 aliphatic rings. The molecule has 0 amide bonds. The van der Waals surface area contributed by atoms with Crippen LogP contribution in [-0.2, 0) is 4.79 Å². The van der Waals surface area contributed by atoms with Crippen LogP contribution >= 0.6 is 0 Å². The summed E-state index contributed by atoms with van der Waals surface area (Å²) < 4.78 is 0. The molecule has 0 fully saturated rings. The van der Waals surface area contributed by atoms with Gasteiger partial charge in [-0.15, -0.1) is 0 Å². The molecule has 0 atom stereocenters. The van der Waals surface area contributed by atoms with E-state index in [0.29, 0.717) is 6.42 Å². The van der Waals surface area contributed by atoms with Crippen molar-refractivity contribution in [2.45, 2.75) is 91.4 Å². The Morgan fingerprint density at radius 3 is 1.90 bits per heavy atom. The largest absolute Gasteiger partial charge is 0.481 e. The summed E-state index contributed by atoms with van der Waals surface area (Å²) in [4.78, 5) is 10.3. The van der Waals surface area contributed by atoms with Gasteiger partial charge in [0, 0.05) is 6.42 Å². The van der Waals surface area contributed by atoms with Crippen molar-refractivity contribution < 1.29 is 9.90 Å². The highest BCUT2D eigenvalue weighted by molar-refractivity contribution is 5.66. The van der Waals surface area contributed by atoms with Crippen molar-refractivity contribution in [1.82, 2.24) is 0 Å². The van der Waals surface area contributed by atoms with E-state index in [1.54, 1.807) is 0 Å². The van der Waals surface area contributed by atoms with Crippen LogP contribution in [0, 0.1) is 0 Å². The first kappa shape index (κ1) is 22.2. The Balaban J connectivity index is 0. The number of hydrogen-bond donors (Lipinski definition) is 1. The molecule has 0 rings (SSSR count). The third kappa shape index (κ3) is 21.4.